The second-order valence-corrected chi connectivity index (χ2v) is 5.31. The molecule has 6 nitrogen and oxygen atoms in total. The van der Waals surface area contributed by atoms with Crippen molar-refractivity contribution in [2.24, 2.45) is 7.05 Å². The zero-order valence-corrected chi connectivity index (χ0v) is 11.9. The molecule has 1 N–H and O–H groups in total. The van der Waals surface area contributed by atoms with Gasteiger partial charge in [0.1, 0.15) is 0 Å². The van der Waals surface area contributed by atoms with Gasteiger partial charge in [0.05, 0.1) is 5.56 Å². The van der Waals surface area contributed by atoms with Gasteiger partial charge in [-0.3, -0.25) is 0 Å². The van der Waals surface area contributed by atoms with Gasteiger partial charge < -0.3 is 19.3 Å². The number of anilines is 1. The lowest BCUT2D eigenvalue weighted by Crippen LogP contribution is -2.44. The summed E-state index contributed by atoms with van der Waals surface area (Å²) in [7, 11) is 2.03. The fourth-order valence-corrected chi connectivity index (χ4v) is 2.83. The third kappa shape index (κ3) is 2.08. The lowest BCUT2D eigenvalue weighted by atomic mass is 10.2. The maximum Gasteiger partial charge on any atom is 0.266 e. The Balaban J connectivity index is 1.74. The number of hydrogen-bond donors (Lipinski definition) is 1. The Morgan fingerprint density at radius 3 is 2.86 bits per heavy atom. The number of para-hydroxylation sites is 1. The van der Waals surface area contributed by atoms with Crippen LogP contribution in [0.3, 0.4) is 0 Å². The van der Waals surface area contributed by atoms with Crippen LogP contribution in [0, 0.1) is 0 Å². The van der Waals surface area contributed by atoms with E-state index in [-0.39, 0.29) is 0 Å². The minimum absolute atomic E-state index is 0.584. The average molecular weight is 283 g/mol. The number of piperazine rings is 1. The van der Waals surface area contributed by atoms with Crippen molar-refractivity contribution in [3.05, 3.63) is 30.5 Å². The molecule has 0 bridgehead atoms. The van der Waals surface area contributed by atoms with Crippen LogP contribution in [0.1, 0.15) is 0 Å². The second-order valence-electron chi connectivity index (χ2n) is 5.31. The van der Waals surface area contributed by atoms with Gasteiger partial charge in [-0.25, -0.2) is 0 Å². The van der Waals surface area contributed by atoms with Crippen LogP contribution in [0.25, 0.3) is 22.4 Å². The van der Waals surface area contributed by atoms with Gasteiger partial charge in [0.2, 0.25) is 0 Å². The molecular formula is C15H17N5O. The van der Waals surface area contributed by atoms with Gasteiger partial charge in [-0.2, -0.15) is 4.98 Å². The van der Waals surface area contributed by atoms with Crippen LogP contribution in [0.15, 0.2) is 35.0 Å². The minimum Gasteiger partial charge on any atom is -0.350 e. The van der Waals surface area contributed by atoms with Crippen LogP contribution in [-0.4, -0.2) is 40.9 Å². The second kappa shape index (κ2) is 4.89. The largest absolute Gasteiger partial charge is 0.350 e. The summed E-state index contributed by atoms with van der Waals surface area (Å²) in [5.74, 6) is 1.26. The highest BCUT2D eigenvalue weighted by molar-refractivity contribution is 5.94. The third-order valence-corrected chi connectivity index (χ3v) is 3.94. The van der Waals surface area contributed by atoms with E-state index in [0.717, 1.165) is 42.6 Å². The van der Waals surface area contributed by atoms with E-state index in [1.807, 2.05) is 25.4 Å². The number of benzene rings is 1. The molecule has 3 aromatic rings. The number of rotatable bonds is 2. The molecule has 0 unspecified atom stereocenters. The third-order valence-electron chi connectivity index (χ3n) is 3.94. The van der Waals surface area contributed by atoms with Gasteiger partial charge in [0.25, 0.3) is 11.8 Å². The number of hydrogen-bond acceptors (Lipinski definition) is 5. The first-order valence-corrected chi connectivity index (χ1v) is 7.17. The Hall–Kier alpha value is -2.34. The standard InChI is InChI=1S/C15H17N5O/c1-19-10-12(11-4-2-3-5-13(11)19)14-17-15(18-21-14)20-8-6-16-7-9-20/h2-5,10,16H,6-9H2,1H3. The summed E-state index contributed by atoms with van der Waals surface area (Å²) in [6.45, 7) is 3.74. The predicted molar refractivity (Wildman–Crippen MR) is 81.3 cm³/mol. The van der Waals surface area contributed by atoms with E-state index in [1.54, 1.807) is 0 Å². The van der Waals surface area contributed by atoms with E-state index in [9.17, 15) is 0 Å². The monoisotopic (exact) mass is 283 g/mol. The van der Waals surface area contributed by atoms with Crippen molar-refractivity contribution in [2.75, 3.05) is 31.1 Å². The molecule has 1 fully saturated rings. The number of aromatic nitrogens is 3. The van der Waals surface area contributed by atoms with Gasteiger partial charge in [0.15, 0.2) is 0 Å². The molecule has 0 aliphatic carbocycles. The number of fused-ring (bicyclic) bond motifs is 1. The Morgan fingerprint density at radius 1 is 1.19 bits per heavy atom. The SMILES string of the molecule is Cn1cc(-c2nc(N3CCNCC3)no2)c2ccccc21. The molecule has 0 radical (unpaired) electrons. The number of aryl methyl sites for hydroxylation is 1. The molecule has 0 spiro atoms. The highest BCUT2D eigenvalue weighted by Gasteiger charge is 2.19. The van der Waals surface area contributed by atoms with E-state index < -0.39 is 0 Å². The van der Waals surface area contributed by atoms with Crippen molar-refractivity contribution in [3.63, 3.8) is 0 Å². The van der Waals surface area contributed by atoms with Crippen molar-refractivity contribution in [1.82, 2.24) is 20.0 Å². The van der Waals surface area contributed by atoms with Gasteiger partial charge in [-0.1, -0.05) is 18.2 Å². The zero-order valence-electron chi connectivity index (χ0n) is 11.9. The molecule has 2 aromatic heterocycles. The average Bonchev–Trinajstić information content (AvgIpc) is 3.14. The first-order chi connectivity index (χ1) is 10.3. The van der Waals surface area contributed by atoms with Crippen LogP contribution < -0.4 is 10.2 Å². The van der Waals surface area contributed by atoms with E-state index in [2.05, 4.69) is 37.1 Å². The fourth-order valence-electron chi connectivity index (χ4n) is 2.83. The van der Waals surface area contributed by atoms with Gasteiger partial charge >= 0.3 is 0 Å². The molecule has 108 valence electrons. The molecule has 6 heteroatoms. The summed E-state index contributed by atoms with van der Waals surface area (Å²) in [5.41, 5.74) is 2.15. The molecular weight excluding hydrogens is 266 g/mol. The van der Waals surface area contributed by atoms with Crippen molar-refractivity contribution in [3.8, 4) is 11.5 Å². The number of nitrogens with one attached hydrogen (secondary N) is 1. The van der Waals surface area contributed by atoms with E-state index in [0.29, 0.717) is 11.8 Å². The summed E-state index contributed by atoms with van der Waals surface area (Å²) in [4.78, 5) is 6.72. The summed E-state index contributed by atoms with van der Waals surface area (Å²) < 4.78 is 7.57. The Labute approximate surface area is 122 Å². The maximum absolute atomic E-state index is 5.49. The molecule has 1 saturated heterocycles. The Bertz CT molecular complexity index is 769. The van der Waals surface area contributed by atoms with Crippen LogP contribution in [-0.2, 0) is 7.05 Å². The lowest BCUT2D eigenvalue weighted by Gasteiger charge is -2.25. The van der Waals surface area contributed by atoms with Crippen molar-refractivity contribution < 1.29 is 4.52 Å². The van der Waals surface area contributed by atoms with E-state index in [4.69, 9.17) is 4.52 Å². The summed E-state index contributed by atoms with van der Waals surface area (Å²) in [6, 6.07) is 8.23. The molecule has 21 heavy (non-hydrogen) atoms. The fraction of sp³-hybridized carbons (Fsp3) is 0.333. The zero-order chi connectivity index (χ0) is 14.2. The molecule has 3 heterocycles. The first-order valence-electron chi connectivity index (χ1n) is 7.17. The molecule has 0 atom stereocenters. The van der Waals surface area contributed by atoms with Crippen molar-refractivity contribution >= 4 is 16.9 Å². The Morgan fingerprint density at radius 2 is 2.00 bits per heavy atom. The quantitative estimate of drug-likeness (QED) is 0.775. The topological polar surface area (TPSA) is 59.1 Å². The predicted octanol–water partition coefficient (Wildman–Crippen LogP) is 1.64. The minimum atomic E-state index is 0.584. The summed E-state index contributed by atoms with van der Waals surface area (Å²) in [6.07, 6.45) is 2.04. The Kier molecular flexibility index (Phi) is 2.89. The molecule has 1 aliphatic heterocycles. The van der Waals surface area contributed by atoms with Gasteiger partial charge in [-0.15, -0.1) is 0 Å². The molecule has 1 aliphatic rings. The van der Waals surface area contributed by atoms with Crippen LogP contribution >= 0.6 is 0 Å². The molecule has 1 aromatic carbocycles. The highest BCUT2D eigenvalue weighted by atomic mass is 16.5. The van der Waals surface area contributed by atoms with Crippen LogP contribution in [0.4, 0.5) is 5.95 Å². The van der Waals surface area contributed by atoms with Gasteiger partial charge in [0, 0.05) is 50.3 Å². The maximum atomic E-state index is 5.49. The molecule has 0 amide bonds. The summed E-state index contributed by atoms with van der Waals surface area (Å²) >= 11 is 0. The lowest BCUT2D eigenvalue weighted by molar-refractivity contribution is 0.427. The van der Waals surface area contributed by atoms with Gasteiger partial charge in [-0.05, 0) is 11.2 Å². The molecule has 4 rings (SSSR count). The van der Waals surface area contributed by atoms with Crippen molar-refractivity contribution in [1.29, 1.82) is 0 Å². The highest BCUT2D eigenvalue weighted by Crippen LogP contribution is 2.29. The van der Waals surface area contributed by atoms with E-state index >= 15 is 0 Å². The van der Waals surface area contributed by atoms with Crippen LogP contribution in [0.2, 0.25) is 0 Å². The number of nitrogens with zero attached hydrogens (tertiary/aromatic N) is 4. The first kappa shape index (κ1) is 12.4. The smallest absolute Gasteiger partial charge is 0.266 e. The summed E-state index contributed by atoms with van der Waals surface area (Å²) in [5, 5.41) is 8.59. The van der Waals surface area contributed by atoms with Crippen LogP contribution in [0.5, 0.6) is 0 Å². The van der Waals surface area contributed by atoms with E-state index in [1.165, 1.54) is 0 Å². The van der Waals surface area contributed by atoms with Crippen molar-refractivity contribution in [2.45, 2.75) is 0 Å². The molecule has 0 saturated carbocycles. The normalized spacial score (nSPS) is 15.8.